The predicted octanol–water partition coefficient (Wildman–Crippen LogP) is 5.79. The number of nitrogens with zero attached hydrogens (tertiary/aromatic N) is 1. The molecule has 108 valence electrons. The summed E-state index contributed by atoms with van der Waals surface area (Å²) in [6.07, 6.45) is 0. The normalized spacial score (nSPS) is 11.4. The molecule has 1 aromatic heterocycles. The highest BCUT2D eigenvalue weighted by Gasteiger charge is 2.12. The van der Waals surface area contributed by atoms with E-state index in [-0.39, 0.29) is 0 Å². The van der Waals surface area contributed by atoms with Crippen molar-refractivity contribution in [1.82, 2.24) is 4.57 Å². The van der Waals surface area contributed by atoms with E-state index in [1.807, 2.05) is 0 Å². The van der Waals surface area contributed by atoms with Crippen LogP contribution in [0.1, 0.15) is 12.5 Å². The highest BCUT2D eigenvalue weighted by atomic mass is 15.0. The minimum absolute atomic E-state index is 0.988. The fraction of sp³-hybridized carbons (Fsp3) is 0.143. The molecule has 0 spiro atoms. The lowest BCUT2D eigenvalue weighted by molar-refractivity contribution is 0.827. The Kier molecular flexibility index (Phi) is 3.00. The molecule has 22 heavy (non-hydrogen) atoms. The van der Waals surface area contributed by atoms with Crippen molar-refractivity contribution in [1.29, 1.82) is 0 Å². The minimum atomic E-state index is 0.988. The molecule has 0 atom stereocenters. The fourth-order valence-corrected chi connectivity index (χ4v) is 3.47. The first kappa shape index (κ1) is 13.1. The van der Waals surface area contributed by atoms with Crippen LogP contribution < -0.4 is 0 Å². The lowest BCUT2D eigenvalue weighted by atomic mass is 10.0. The van der Waals surface area contributed by atoms with Crippen molar-refractivity contribution in [2.45, 2.75) is 20.4 Å². The largest absolute Gasteiger partial charge is 0.341 e. The molecule has 0 amide bonds. The summed E-state index contributed by atoms with van der Waals surface area (Å²) >= 11 is 0. The summed E-state index contributed by atoms with van der Waals surface area (Å²) in [5, 5.41) is 2.74. The molecular formula is C21H19N. The smallest absolute Gasteiger partial charge is 0.0497 e. The van der Waals surface area contributed by atoms with Gasteiger partial charge < -0.3 is 4.57 Å². The van der Waals surface area contributed by atoms with Gasteiger partial charge in [-0.1, -0.05) is 54.6 Å². The van der Waals surface area contributed by atoms with Gasteiger partial charge in [0.25, 0.3) is 0 Å². The minimum Gasteiger partial charge on any atom is -0.341 e. The van der Waals surface area contributed by atoms with Crippen LogP contribution in [0.15, 0.2) is 66.7 Å². The summed E-state index contributed by atoms with van der Waals surface area (Å²) in [7, 11) is 0. The Hall–Kier alpha value is -2.54. The molecular weight excluding hydrogens is 266 g/mol. The van der Waals surface area contributed by atoms with E-state index in [4.69, 9.17) is 0 Å². The quantitative estimate of drug-likeness (QED) is 0.439. The second-order valence-corrected chi connectivity index (χ2v) is 5.81. The van der Waals surface area contributed by atoms with E-state index in [9.17, 15) is 0 Å². The van der Waals surface area contributed by atoms with Gasteiger partial charge in [0.15, 0.2) is 0 Å². The second-order valence-electron chi connectivity index (χ2n) is 5.81. The highest BCUT2D eigenvalue weighted by molar-refractivity contribution is 6.10. The van der Waals surface area contributed by atoms with Crippen molar-refractivity contribution in [3.05, 3.63) is 72.3 Å². The monoisotopic (exact) mass is 285 g/mol. The number of hydrogen-bond donors (Lipinski definition) is 0. The Morgan fingerprint density at radius 2 is 1.59 bits per heavy atom. The van der Waals surface area contributed by atoms with Gasteiger partial charge in [0.2, 0.25) is 0 Å². The predicted molar refractivity (Wildman–Crippen MR) is 95.3 cm³/mol. The van der Waals surface area contributed by atoms with Crippen LogP contribution in [0.5, 0.6) is 0 Å². The van der Waals surface area contributed by atoms with Crippen LogP contribution in [-0.4, -0.2) is 4.57 Å². The van der Waals surface area contributed by atoms with Gasteiger partial charge in [0, 0.05) is 28.4 Å². The number of fused-ring (bicyclic) bond motifs is 3. The van der Waals surface area contributed by atoms with Crippen LogP contribution in [0, 0.1) is 6.92 Å². The summed E-state index contributed by atoms with van der Waals surface area (Å²) in [5.74, 6) is 0. The Balaban J connectivity index is 2.08. The summed E-state index contributed by atoms with van der Waals surface area (Å²) in [4.78, 5) is 0. The van der Waals surface area contributed by atoms with E-state index < -0.39 is 0 Å². The number of aryl methyl sites for hydroxylation is 2. The van der Waals surface area contributed by atoms with Gasteiger partial charge >= 0.3 is 0 Å². The summed E-state index contributed by atoms with van der Waals surface area (Å²) in [5.41, 5.74) is 6.57. The van der Waals surface area contributed by atoms with Gasteiger partial charge in [-0.3, -0.25) is 0 Å². The third-order valence-electron chi connectivity index (χ3n) is 4.52. The maximum absolute atomic E-state index is 2.42. The summed E-state index contributed by atoms with van der Waals surface area (Å²) in [6, 6.07) is 24.0. The molecule has 4 rings (SSSR count). The molecule has 0 bridgehead atoms. The zero-order valence-corrected chi connectivity index (χ0v) is 13.0. The van der Waals surface area contributed by atoms with Gasteiger partial charge in [-0.05, 0) is 42.7 Å². The van der Waals surface area contributed by atoms with Crippen LogP contribution in [-0.2, 0) is 6.54 Å². The van der Waals surface area contributed by atoms with Crippen LogP contribution in [0.3, 0.4) is 0 Å². The topological polar surface area (TPSA) is 4.93 Å². The van der Waals surface area contributed by atoms with Gasteiger partial charge in [0.1, 0.15) is 0 Å². The lowest BCUT2D eigenvalue weighted by Gasteiger charge is -2.05. The Morgan fingerprint density at radius 1 is 0.773 bits per heavy atom. The molecule has 3 aromatic carbocycles. The lowest BCUT2D eigenvalue weighted by Crippen LogP contribution is -1.93. The van der Waals surface area contributed by atoms with Gasteiger partial charge in [-0.2, -0.15) is 0 Å². The van der Waals surface area contributed by atoms with E-state index in [2.05, 4.69) is 85.1 Å². The van der Waals surface area contributed by atoms with E-state index in [0.29, 0.717) is 0 Å². The van der Waals surface area contributed by atoms with Gasteiger partial charge in [-0.25, -0.2) is 0 Å². The van der Waals surface area contributed by atoms with Gasteiger partial charge in [0.05, 0.1) is 0 Å². The Bertz CT molecular complexity index is 961. The third kappa shape index (κ3) is 1.86. The first-order chi connectivity index (χ1) is 10.8. The summed E-state index contributed by atoms with van der Waals surface area (Å²) < 4.78 is 2.42. The summed E-state index contributed by atoms with van der Waals surface area (Å²) in [6.45, 7) is 5.41. The fourth-order valence-electron chi connectivity index (χ4n) is 3.47. The van der Waals surface area contributed by atoms with Crippen molar-refractivity contribution < 1.29 is 0 Å². The average Bonchev–Trinajstić information content (AvgIpc) is 2.89. The molecule has 1 heteroatoms. The Labute approximate surface area is 130 Å². The van der Waals surface area contributed by atoms with Crippen molar-refractivity contribution >= 4 is 21.8 Å². The molecule has 1 heterocycles. The highest BCUT2D eigenvalue weighted by Crippen LogP contribution is 2.34. The zero-order valence-electron chi connectivity index (χ0n) is 13.0. The molecule has 0 fully saturated rings. The number of benzene rings is 3. The van der Waals surface area contributed by atoms with Crippen molar-refractivity contribution in [3.8, 4) is 11.1 Å². The SMILES string of the molecule is CCn1c2cc(-c3ccccc3)ccc2c2c(C)cccc21. The molecule has 0 aliphatic heterocycles. The number of aromatic nitrogens is 1. The van der Waals surface area contributed by atoms with Crippen molar-refractivity contribution in [2.75, 3.05) is 0 Å². The number of rotatable bonds is 2. The molecule has 0 saturated heterocycles. The second kappa shape index (κ2) is 5.03. The zero-order chi connectivity index (χ0) is 15.1. The molecule has 4 aromatic rings. The molecule has 0 unspecified atom stereocenters. The van der Waals surface area contributed by atoms with Gasteiger partial charge in [-0.15, -0.1) is 0 Å². The molecule has 0 radical (unpaired) electrons. The molecule has 0 aliphatic carbocycles. The van der Waals surface area contributed by atoms with Crippen LogP contribution in [0.2, 0.25) is 0 Å². The number of hydrogen-bond acceptors (Lipinski definition) is 0. The van der Waals surface area contributed by atoms with Crippen molar-refractivity contribution in [3.63, 3.8) is 0 Å². The first-order valence-corrected chi connectivity index (χ1v) is 7.86. The maximum Gasteiger partial charge on any atom is 0.0497 e. The Morgan fingerprint density at radius 3 is 2.36 bits per heavy atom. The molecule has 0 N–H and O–H groups in total. The standard InChI is InChI=1S/C21H19N/c1-3-22-19-11-7-8-15(2)21(19)18-13-12-17(14-20(18)22)16-9-5-4-6-10-16/h4-14H,3H2,1-2H3. The molecule has 0 saturated carbocycles. The molecule has 1 nitrogen and oxygen atoms in total. The van der Waals surface area contributed by atoms with Crippen molar-refractivity contribution in [2.24, 2.45) is 0 Å². The van der Waals surface area contributed by atoms with E-state index in [0.717, 1.165) is 6.54 Å². The maximum atomic E-state index is 2.42. The van der Waals surface area contributed by atoms with E-state index >= 15 is 0 Å². The average molecular weight is 285 g/mol. The third-order valence-corrected chi connectivity index (χ3v) is 4.52. The van der Waals surface area contributed by atoms with Crippen LogP contribution >= 0.6 is 0 Å². The molecule has 0 aliphatic rings. The van der Waals surface area contributed by atoms with Crippen LogP contribution in [0.25, 0.3) is 32.9 Å². The van der Waals surface area contributed by atoms with E-state index in [1.165, 1.54) is 38.5 Å². The van der Waals surface area contributed by atoms with Crippen LogP contribution in [0.4, 0.5) is 0 Å². The first-order valence-electron chi connectivity index (χ1n) is 7.86. The van der Waals surface area contributed by atoms with E-state index in [1.54, 1.807) is 0 Å².